The average Bonchev–Trinajstić information content (AvgIpc) is 3.03. The minimum Gasteiger partial charge on any atom is -0.348 e. The number of aryl methyl sites for hydroxylation is 1. The van der Waals surface area contributed by atoms with Crippen molar-refractivity contribution in [3.63, 3.8) is 0 Å². The van der Waals surface area contributed by atoms with Crippen molar-refractivity contribution >= 4 is 34.9 Å². The monoisotopic (exact) mass is 357 g/mol. The Hall–Kier alpha value is -2.47. The molecule has 0 radical (unpaired) electrons. The van der Waals surface area contributed by atoms with Gasteiger partial charge >= 0.3 is 0 Å². The molecule has 0 fully saturated rings. The molecular formula is C19H23N3O2S. The fraction of sp³-hybridized carbons (Fsp3) is 0.316. The van der Waals surface area contributed by atoms with Gasteiger partial charge in [0, 0.05) is 29.6 Å². The predicted octanol–water partition coefficient (Wildman–Crippen LogP) is 3.77. The van der Waals surface area contributed by atoms with Gasteiger partial charge in [-0.15, -0.1) is 11.3 Å². The Morgan fingerprint density at radius 3 is 2.84 bits per heavy atom. The molecule has 1 unspecified atom stereocenters. The third-order valence-electron chi connectivity index (χ3n) is 3.76. The third-order valence-corrected chi connectivity index (χ3v) is 4.56. The molecule has 1 aromatic heterocycles. The van der Waals surface area contributed by atoms with Crippen LogP contribution in [0.25, 0.3) is 6.08 Å². The number of carbonyl (C=O) groups excluding carboxylic acids is 2. The predicted molar refractivity (Wildman–Crippen MR) is 102 cm³/mol. The Balaban J connectivity index is 1.88. The number of aromatic nitrogens is 1. The lowest BCUT2D eigenvalue weighted by Gasteiger charge is -2.11. The summed E-state index contributed by atoms with van der Waals surface area (Å²) in [5.41, 5.74) is 2.45. The zero-order valence-electron chi connectivity index (χ0n) is 14.7. The number of rotatable bonds is 7. The van der Waals surface area contributed by atoms with Gasteiger partial charge in [-0.05, 0) is 37.1 Å². The standard InChI is InChI=1S/C19H23N3O2S/c1-4-13(2)19(24)22-16-7-5-6-15(10-16)11-20-18(23)9-8-17-12-25-14(3)21-17/h5-10,12-13H,4,11H2,1-3H3,(H,20,23)(H,22,24)/b9-8+. The molecule has 25 heavy (non-hydrogen) atoms. The van der Waals surface area contributed by atoms with Gasteiger partial charge in [0.25, 0.3) is 0 Å². The summed E-state index contributed by atoms with van der Waals surface area (Å²) in [6.07, 6.45) is 3.97. The second-order valence-electron chi connectivity index (χ2n) is 5.84. The number of hydrogen-bond acceptors (Lipinski definition) is 4. The fourth-order valence-electron chi connectivity index (χ4n) is 2.08. The van der Waals surface area contributed by atoms with Crippen LogP contribution in [-0.2, 0) is 16.1 Å². The highest BCUT2D eigenvalue weighted by atomic mass is 32.1. The topological polar surface area (TPSA) is 71.1 Å². The minimum absolute atomic E-state index is 0.00479. The van der Waals surface area contributed by atoms with E-state index in [1.807, 2.05) is 50.4 Å². The highest BCUT2D eigenvalue weighted by Gasteiger charge is 2.10. The SMILES string of the molecule is CCC(C)C(=O)Nc1cccc(CNC(=O)/C=C/c2csc(C)n2)c1. The molecule has 2 aromatic rings. The molecule has 0 saturated carbocycles. The van der Waals surface area contributed by atoms with E-state index in [2.05, 4.69) is 15.6 Å². The summed E-state index contributed by atoms with van der Waals surface area (Å²) in [6.45, 7) is 6.20. The van der Waals surface area contributed by atoms with Crippen LogP contribution in [0.5, 0.6) is 0 Å². The Morgan fingerprint density at radius 2 is 2.16 bits per heavy atom. The number of amides is 2. The van der Waals surface area contributed by atoms with Crippen LogP contribution in [0.15, 0.2) is 35.7 Å². The van der Waals surface area contributed by atoms with E-state index >= 15 is 0 Å². The number of benzene rings is 1. The maximum Gasteiger partial charge on any atom is 0.244 e. The molecular weight excluding hydrogens is 334 g/mol. The van der Waals surface area contributed by atoms with Crippen LogP contribution in [0.3, 0.4) is 0 Å². The molecule has 1 atom stereocenters. The van der Waals surface area contributed by atoms with Crippen LogP contribution in [0, 0.1) is 12.8 Å². The van der Waals surface area contributed by atoms with Crippen molar-refractivity contribution < 1.29 is 9.59 Å². The average molecular weight is 357 g/mol. The van der Waals surface area contributed by atoms with Crippen LogP contribution in [0.4, 0.5) is 5.69 Å². The minimum atomic E-state index is -0.181. The molecule has 2 N–H and O–H groups in total. The second-order valence-corrected chi connectivity index (χ2v) is 6.90. The molecule has 0 aliphatic carbocycles. The number of carbonyl (C=O) groups is 2. The highest BCUT2D eigenvalue weighted by molar-refractivity contribution is 7.09. The molecule has 0 aliphatic heterocycles. The summed E-state index contributed by atoms with van der Waals surface area (Å²) in [5.74, 6) is -0.201. The molecule has 6 heteroatoms. The van der Waals surface area contributed by atoms with Crippen molar-refractivity contribution in [3.05, 3.63) is 52.0 Å². The van der Waals surface area contributed by atoms with E-state index in [1.165, 1.54) is 6.08 Å². The fourth-order valence-corrected chi connectivity index (χ4v) is 2.66. The zero-order chi connectivity index (χ0) is 18.2. The molecule has 0 aliphatic rings. The van der Waals surface area contributed by atoms with Gasteiger partial charge < -0.3 is 10.6 Å². The third kappa shape index (κ3) is 6.15. The molecule has 2 rings (SSSR count). The molecule has 1 heterocycles. The first-order valence-corrected chi connectivity index (χ1v) is 9.13. The first kappa shape index (κ1) is 18.9. The number of hydrogen-bond donors (Lipinski definition) is 2. The summed E-state index contributed by atoms with van der Waals surface area (Å²) in [4.78, 5) is 28.1. The van der Waals surface area contributed by atoms with E-state index in [9.17, 15) is 9.59 Å². The van der Waals surface area contributed by atoms with E-state index < -0.39 is 0 Å². The molecule has 0 spiro atoms. The van der Waals surface area contributed by atoms with Crippen LogP contribution >= 0.6 is 11.3 Å². The number of nitrogens with zero attached hydrogens (tertiary/aromatic N) is 1. The molecule has 132 valence electrons. The van der Waals surface area contributed by atoms with Gasteiger partial charge in [0.15, 0.2) is 0 Å². The Kier molecular flexibility index (Phi) is 6.89. The summed E-state index contributed by atoms with van der Waals surface area (Å²) in [7, 11) is 0. The summed E-state index contributed by atoms with van der Waals surface area (Å²) in [5, 5.41) is 8.60. The zero-order valence-corrected chi connectivity index (χ0v) is 15.5. The highest BCUT2D eigenvalue weighted by Crippen LogP contribution is 2.13. The quantitative estimate of drug-likeness (QED) is 0.741. The Morgan fingerprint density at radius 1 is 1.36 bits per heavy atom. The van der Waals surface area contributed by atoms with Gasteiger partial charge in [0.2, 0.25) is 11.8 Å². The maximum atomic E-state index is 11.9. The van der Waals surface area contributed by atoms with Crippen molar-refractivity contribution in [3.8, 4) is 0 Å². The van der Waals surface area contributed by atoms with Gasteiger partial charge in [0.1, 0.15) is 0 Å². The molecule has 5 nitrogen and oxygen atoms in total. The lowest BCUT2D eigenvalue weighted by atomic mass is 10.1. The van der Waals surface area contributed by atoms with E-state index in [-0.39, 0.29) is 17.7 Å². The molecule has 0 bridgehead atoms. The van der Waals surface area contributed by atoms with E-state index in [1.54, 1.807) is 17.4 Å². The second kappa shape index (κ2) is 9.13. The normalized spacial score (nSPS) is 12.1. The summed E-state index contributed by atoms with van der Waals surface area (Å²) in [6, 6.07) is 7.48. The van der Waals surface area contributed by atoms with Gasteiger partial charge in [0.05, 0.1) is 10.7 Å². The first-order valence-electron chi connectivity index (χ1n) is 8.25. The van der Waals surface area contributed by atoms with E-state index in [0.29, 0.717) is 6.54 Å². The van der Waals surface area contributed by atoms with Crippen LogP contribution in [-0.4, -0.2) is 16.8 Å². The number of anilines is 1. The molecule has 0 saturated heterocycles. The first-order chi connectivity index (χ1) is 12.0. The number of thiazole rings is 1. The lowest BCUT2D eigenvalue weighted by molar-refractivity contribution is -0.119. The lowest BCUT2D eigenvalue weighted by Crippen LogP contribution is -2.21. The molecule has 1 aromatic carbocycles. The van der Waals surface area contributed by atoms with Gasteiger partial charge in [-0.3, -0.25) is 9.59 Å². The molecule has 2 amide bonds. The van der Waals surface area contributed by atoms with Gasteiger partial charge in [-0.25, -0.2) is 4.98 Å². The number of nitrogens with one attached hydrogen (secondary N) is 2. The van der Waals surface area contributed by atoms with Gasteiger partial charge in [-0.2, -0.15) is 0 Å². The van der Waals surface area contributed by atoms with Crippen LogP contribution in [0.1, 0.15) is 36.5 Å². The maximum absolute atomic E-state index is 11.9. The van der Waals surface area contributed by atoms with E-state index in [4.69, 9.17) is 0 Å². The largest absolute Gasteiger partial charge is 0.348 e. The van der Waals surface area contributed by atoms with Crippen molar-refractivity contribution in [2.24, 2.45) is 5.92 Å². The van der Waals surface area contributed by atoms with Crippen molar-refractivity contribution in [2.75, 3.05) is 5.32 Å². The Bertz CT molecular complexity index is 768. The van der Waals surface area contributed by atoms with Crippen molar-refractivity contribution in [1.29, 1.82) is 0 Å². The van der Waals surface area contributed by atoms with Crippen LogP contribution < -0.4 is 10.6 Å². The Labute approximate surface area is 152 Å². The van der Waals surface area contributed by atoms with Crippen LogP contribution in [0.2, 0.25) is 0 Å². The van der Waals surface area contributed by atoms with Gasteiger partial charge in [-0.1, -0.05) is 26.0 Å². The smallest absolute Gasteiger partial charge is 0.244 e. The van der Waals surface area contributed by atoms with Crippen molar-refractivity contribution in [2.45, 2.75) is 33.7 Å². The van der Waals surface area contributed by atoms with Crippen molar-refractivity contribution in [1.82, 2.24) is 10.3 Å². The summed E-state index contributed by atoms with van der Waals surface area (Å²) >= 11 is 1.55. The van der Waals surface area contributed by atoms with E-state index in [0.717, 1.165) is 28.4 Å². The summed E-state index contributed by atoms with van der Waals surface area (Å²) < 4.78 is 0.